The van der Waals surface area contributed by atoms with Crippen molar-refractivity contribution >= 4 is 11.9 Å². The lowest BCUT2D eigenvalue weighted by atomic mass is 10.1. The molecule has 2 rings (SSSR count). The Morgan fingerprint density at radius 1 is 1.56 bits per heavy atom. The summed E-state index contributed by atoms with van der Waals surface area (Å²) in [6, 6.07) is 3.05. The maximum absolute atomic E-state index is 11.1. The summed E-state index contributed by atoms with van der Waals surface area (Å²) in [5.41, 5.74) is 5.28. The maximum Gasteiger partial charge on any atom is 0.371 e. The Bertz CT molecular complexity index is 468. The van der Waals surface area contributed by atoms with Gasteiger partial charge in [-0.05, 0) is 32.0 Å². The van der Waals surface area contributed by atoms with Gasteiger partial charge in [-0.25, -0.2) is 4.79 Å². The second kappa shape index (κ2) is 4.81. The average molecular weight is 252 g/mol. The van der Waals surface area contributed by atoms with Crippen LogP contribution in [0.1, 0.15) is 35.7 Å². The van der Waals surface area contributed by atoms with Gasteiger partial charge >= 0.3 is 5.97 Å². The highest BCUT2D eigenvalue weighted by Gasteiger charge is 2.31. The molecule has 6 heteroatoms. The molecule has 0 saturated carbocycles. The molecule has 0 radical (unpaired) electrons. The zero-order valence-corrected chi connectivity index (χ0v) is 10.1. The summed E-state index contributed by atoms with van der Waals surface area (Å²) >= 11 is 0. The van der Waals surface area contributed by atoms with Crippen LogP contribution < -0.4 is 5.73 Å². The lowest BCUT2D eigenvalue weighted by Gasteiger charge is -2.21. The molecule has 0 bridgehead atoms. The molecule has 3 N–H and O–H groups in total. The Labute approximate surface area is 104 Å². The molecule has 18 heavy (non-hydrogen) atoms. The van der Waals surface area contributed by atoms with Crippen LogP contribution in [0.2, 0.25) is 0 Å². The number of carboxylic acid groups (broad SMARTS) is 1. The van der Waals surface area contributed by atoms with Gasteiger partial charge in [0.25, 0.3) is 0 Å². The molecule has 1 fully saturated rings. The third-order valence-corrected chi connectivity index (χ3v) is 3.42. The van der Waals surface area contributed by atoms with Crippen LogP contribution in [0.4, 0.5) is 0 Å². The molecule has 0 aliphatic carbocycles. The van der Waals surface area contributed by atoms with E-state index in [2.05, 4.69) is 4.90 Å². The van der Waals surface area contributed by atoms with Crippen molar-refractivity contribution in [3.63, 3.8) is 0 Å². The van der Waals surface area contributed by atoms with Crippen molar-refractivity contribution in [1.29, 1.82) is 0 Å². The maximum atomic E-state index is 11.1. The summed E-state index contributed by atoms with van der Waals surface area (Å²) in [7, 11) is 0. The molecule has 2 atom stereocenters. The fourth-order valence-electron chi connectivity index (χ4n) is 2.24. The van der Waals surface area contributed by atoms with E-state index in [0.717, 1.165) is 13.0 Å². The number of nitrogens with two attached hydrogens (primary N) is 1. The van der Waals surface area contributed by atoms with Crippen molar-refractivity contribution in [1.82, 2.24) is 4.90 Å². The molecule has 1 aliphatic heterocycles. The summed E-state index contributed by atoms with van der Waals surface area (Å²) in [4.78, 5) is 23.9. The fraction of sp³-hybridized carbons (Fsp3) is 0.500. The van der Waals surface area contributed by atoms with Crippen molar-refractivity contribution in [2.24, 2.45) is 11.7 Å². The minimum absolute atomic E-state index is 0.0533. The first-order chi connectivity index (χ1) is 8.49. The van der Waals surface area contributed by atoms with E-state index in [1.54, 1.807) is 6.07 Å². The van der Waals surface area contributed by atoms with Crippen LogP contribution in [0.3, 0.4) is 0 Å². The largest absolute Gasteiger partial charge is 0.475 e. The van der Waals surface area contributed by atoms with E-state index in [0.29, 0.717) is 12.3 Å². The topological polar surface area (TPSA) is 96.8 Å². The van der Waals surface area contributed by atoms with Crippen LogP contribution in [0, 0.1) is 5.92 Å². The van der Waals surface area contributed by atoms with E-state index in [4.69, 9.17) is 15.3 Å². The Morgan fingerprint density at radius 3 is 2.78 bits per heavy atom. The third kappa shape index (κ3) is 2.38. The van der Waals surface area contributed by atoms with Gasteiger partial charge in [0.1, 0.15) is 5.76 Å². The first-order valence-electron chi connectivity index (χ1n) is 5.85. The second-order valence-corrected chi connectivity index (χ2v) is 4.57. The Hall–Kier alpha value is -1.82. The van der Waals surface area contributed by atoms with Crippen molar-refractivity contribution in [2.45, 2.75) is 19.4 Å². The summed E-state index contributed by atoms with van der Waals surface area (Å²) in [6.45, 7) is 3.28. The number of likely N-dealkylation sites (tertiary alicyclic amines) is 1. The highest BCUT2D eigenvalue weighted by atomic mass is 16.4. The molecular weight excluding hydrogens is 236 g/mol. The number of amides is 1. The first kappa shape index (κ1) is 12.6. The molecule has 6 nitrogen and oxygen atoms in total. The van der Waals surface area contributed by atoms with Gasteiger partial charge < -0.3 is 15.3 Å². The van der Waals surface area contributed by atoms with Crippen molar-refractivity contribution in [3.05, 3.63) is 23.7 Å². The number of primary amides is 1. The molecule has 0 aromatic carbocycles. The smallest absolute Gasteiger partial charge is 0.371 e. The van der Waals surface area contributed by atoms with Gasteiger partial charge in [-0.1, -0.05) is 0 Å². The molecule has 2 heterocycles. The summed E-state index contributed by atoms with van der Waals surface area (Å²) in [6.07, 6.45) is 0.742. The van der Waals surface area contributed by atoms with Crippen molar-refractivity contribution in [3.8, 4) is 0 Å². The fourth-order valence-corrected chi connectivity index (χ4v) is 2.24. The number of carboxylic acids is 1. The zero-order chi connectivity index (χ0) is 13.3. The SMILES string of the molecule is CC(c1ccc(C(=O)O)o1)N1CCC(C(N)=O)C1. The van der Waals surface area contributed by atoms with Gasteiger partial charge in [-0.3, -0.25) is 9.69 Å². The van der Waals surface area contributed by atoms with Crippen LogP contribution in [0.5, 0.6) is 0 Å². The number of hydrogen-bond donors (Lipinski definition) is 2. The number of rotatable bonds is 4. The zero-order valence-electron chi connectivity index (χ0n) is 10.1. The second-order valence-electron chi connectivity index (χ2n) is 4.57. The van der Waals surface area contributed by atoms with Gasteiger partial charge in [-0.15, -0.1) is 0 Å². The minimum atomic E-state index is -1.08. The molecule has 1 aromatic rings. The Balaban J connectivity index is 2.05. The number of furan rings is 1. The van der Waals surface area contributed by atoms with E-state index in [1.807, 2.05) is 6.92 Å². The number of nitrogens with zero attached hydrogens (tertiary/aromatic N) is 1. The van der Waals surface area contributed by atoms with E-state index in [-0.39, 0.29) is 23.6 Å². The van der Waals surface area contributed by atoms with E-state index in [1.165, 1.54) is 6.07 Å². The van der Waals surface area contributed by atoms with Crippen LogP contribution >= 0.6 is 0 Å². The summed E-state index contributed by atoms with van der Waals surface area (Å²) in [5, 5.41) is 8.79. The molecule has 0 spiro atoms. The predicted octanol–water partition coefficient (Wildman–Crippen LogP) is 0.846. The molecule has 1 aromatic heterocycles. The summed E-state index contributed by atoms with van der Waals surface area (Å²) < 4.78 is 5.26. The highest BCUT2D eigenvalue weighted by Crippen LogP contribution is 2.28. The molecule has 1 amide bonds. The predicted molar refractivity (Wildman–Crippen MR) is 63.0 cm³/mol. The molecule has 98 valence electrons. The standard InChI is InChI=1S/C12H16N2O4/c1-7(9-2-3-10(18-9)12(16)17)14-5-4-8(6-14)11(13)15/h2-3,7-8H,4-6H2,1H3,(H2,13,15)(H,16,17). The minimum Gasteiger partial charge on any atom is -0.475 e. The van der Waals surface area contributed by atoms with Crippen LogP contribution in [0.25, 0.3) is 0 Å². The molecular formula is C12H16N2O4. The third-order valence-electron chi connectivity index (χ3n) is 3.42. The van der Waals surface area contributed by atoms with Gasteiger partial charge in [0.15, 0.2) is 0 Å². The summed E-state index contributed by atoms with van der Waals surface area (Å²) in [5.74, 6) is -0.957. The van der Waals surface area contributed by atoms with E-state index in [9.17, 15) is 9.59 Å². The molecule has 1 aliphatic rings. The van der Waals surface area contributed by atoms with Crippen LogP contribution in [0.15, 0.2) is 16.5 Å². The van der Waals surface area contributed by atoms with Gasteiger partial charge in [-0.2, -0.15) is 0 Å². The van der Waals surface area contributed by atoms with Gasteiger partial charge in [0, 0.05) is 6.54 Å². The van der Waals surface area contributed by atoms with Crippen molar-refractivity contribution < 1.29 is 19.1 Å². The Kier molecular flexibility index (Phi) is 3.38. The molecule has 2 unspecified atom stereocenters. The van der Waals surface area contributed by atoms with Gasteiger partial charge in [0.2, 0.25) is 11.7 Å². The highest BCUT2D eigenvalue weighted by molar-refractivity contribution is 5.84. The van der Waals surface area contributed by atoms with Crippen LogP contribution in [-0.4, -0.2) is 35.0 Å². The van der Waals surface area contributed by atoms with Crippen molar-refractivity contribution in [2.75, 3.05) is 13.1 Å². The lowest BCUT2D eigenvalue weighted by molar-refractivity contribution is -0.121. The lowest BCUT2D eigenvalue weighted by Crippen LogP contribution is -2.29. The number of carbonyl (C=O) groups excluding carboxylic acids is 1. The Morgan fingerprint density at radius 2 is 2.28 bits per heavy atom. The normalized spacial score (nSPS) is 21.9. The quantitative estimate of drug-likeness (QED) is 0.827. The van der Waals surface area contributed by atoms with E-state index >= 15 is 0 Å². The number of aromatic carboxylic acids is 1. The van der Waals surface area contributed by atoms with Gasteiger partial charge in [0.05, 0.1) is 12.0 Å². The average Bonchev–Trinajstić information content (AvgIpc) is 2.97. The molecule has 1 saturated heterocycles. The number of hydrogen-bond acceptors (Lipinski definition) is 4. The number of carbonyl (C=O) groups is 2. The van der Waals surface area contributed by atoms with Crippen LogP contribution in [-0.2, 0) is 4.79 Å². The first-order valence-corrected chi connectivity index (χ1v) is 5.85. The van der Waals surface area contributed by atoms with E-state index < -0.39 is 5.97 Å². The monoisotopic (exact) mass is 252 g/mol.